The highest BCUT2D eigenvalue weighted by atomic mass is 16.5. The van der Waals surface area contributed by atoms with E-state index < -0.39 is 11.9 Å². The molecule has 0 saturated carbocycles. The van der Waals surface area contributed by atoms with Crippen LogP contribution in [0.4, 0.5) is 5.69 Å². The zero-order valence-corrected chi connectivity index (χ0v) is 16.2. The number of methoxy groups -OCH3 is 1. The average molecular weight is 404 g/mol. The number of pyridine rings is 1. The number of anilines is 1. The van der Waals surface area contributed by atoms with Crippen LogP contribution in [0.3, 0.4) is 0 Å². The molecule has 7 heteroatoms. The first-order valence-corrected chi connectivity index (χ1v) is 9.09. The first kappa shape index (κ1) is 20.6. The average Bonchev–Trinajstić information content (AvgIpc) is 2.77. The molecule has 0 bridgehead atoms. The number of benzene rings is 2. The number of ether oxygens (including phenoxy) is 2. The molecule has 2 aromatic carbocycles. The highest BCUT2D eigenvalue weighted by Crippen LogP contribution is 2.32. The summed E-state index contributed by atoms with van der Waals surface area (Å²) in [5, 5.41) is 11.8. The number of carbonyl (C=O) groups is 2. The van der Waals surface area contributed by atoms with Crippen molar-refractivity contribution in [3.8, 4) is 11.5 Å². The van der Waals surface area contributed by atoms with Crippen LogP contribution in [0.25, 0.3) is 6.08 Å². The Hall–Kier alpha value is -4.13. The molecule has 2 N–H and O–H groups in total. The van der Waals surface area contributed by atoms with E-state index in [-0.39, 0.29) is 17.9 Å². The van der Waals surface area contributed by atoms with Crippen molar-refractivity contribution in [2.75, 3.05) is 12.4 Å². The minimum absolute atomic E-state index is 0.0139. The van der Waals surface area contributed by atoms with Crippen LogP contribution in [0.15, 0.2) is 72.9 Å². The summed E-state index contributed by atoms with van der Waals surface area (Å²) in [6.07, 6.45) is 4.57. The summed E-state index contributed by atoms with van der Waals surface area (Å²) in [7, 11) is 1.53. The molecule has 30 heavy (non-hydrogen) atoms. The van der Waals surface area contributed by atoms with Crippen LogP contribution in [-0.4, -0.2) is 29.1 Å². The Morgan fingerprint density at radius 2 is 1.87 bits per heavy atom. The lowest BCUT2D eigenvalue weighted by molar-refractivity contribution is -0.111. The number of nitrogens with one attached hydrogen (secondary N) is 1. The second-order valence-corrected chi connectivity index (χ2v) is 6.16. The molecule has 1 aromatic heterocycles. The molecule has 7 nitrogen and oxygen atoms in total. The summed E-state index contributed by atoms with van der Waals surface area (Å²) in [6.45, 7) is 0.236. The summed E-state index contributed by atoms with van der Waals surface area (Å²) in [4.78, 5) is 27.8. The smallest absolute Gasteiger partial charge is 0.337 e. The van der Waals surface area contributed by atoms with Crippen molar-refractivity contribution >= 4 is 23.6 Å². The number of carboxylic acid groups (broad SMARTS) is 1. The molecule has 0 spiro atoms. The van der Waals surface area contributed by atoms with E-state index >= 15 is 0 Å². The Balaban J connectivity index is 1.78. The third-order valence-corrected chi connectivity index (χ3v) is 4.15. The van der Waals surface area contributed by atoms with Crippen LogP contribution in [0, 0.1) is 0 Å². The summed E-state index contributed by atoms with van der Waals surface area (Å²) in [6, 6.07) is 17.1. The number of aromatic nitrogens is 1. The lowest BCUT2D eigenvalue weighted by Crippen LogP contribution is -2.11. The minimum atomic E-state index is -1.12. The van der Waals surface area contributed by atoms with Crippen molar-refractivity contribution in [3.63, 3.8) is 0 Å². The quantitative estimate of drug-likeness (QED) is 0.551. The molecule has 0 unspecified atom stereocenters. The van der Waals surface area contributed by atoms with E-state index in [0.29, 0.717) is 17.1 Å². The van der Waals surface area contributed by atoms with Gasteiger partial charge in [-0.25, -0.2) is 4.79 Å². The van der Waals surface area contributed by atoms with Gasteiger partial charge in [0.1, 0.15) is 6.61 Å². The Bertz CT molecular complexity index is 1060. The molecule has 1 heterocycles. The van der Waals surface area contributed by atoms with Crippen molar-refractivity contribution < 1.29 is 24.2 Å². The molecular weight excluding hydrogens is 384 g/mol. The summed E-state index contributed by atoms with van der Waals surface area (Å²) in [5.41, 5.74) is 1.62. The van der Waals surface area contributed by atoms with E-state index in [0.717, 1.165) is 5.69 Å². The van der Waals surface area contributed by atoms with Crippen LogP contribution >= 0.6 is 0 Å². The lowest BCUT2D eigenvalue weighted by Gasteiger charge is -2.13. The second-order valence-electron chi connectivity index (χ2n) is 6.16. The molecule has 3 aromatic rings. The summed E-state index contributed by atoms with van der Waals surface area (Å²) >= 11 is 0. The predicted molar refractivity (Wildman–Crippen MR) is 113 cm³/mol. The monoisotopic (exact) mass is 404 g/mol. The number of hydrogen-bond acceptors (Lipinski definition) is 5. The van der Waals surface area contributed by atoms with Gasteiger partial charge in [-0.3, -0.25) is 9.78 Å². The highest BCUT2D eigenvalue weighted by Gasteiger charge is 2.12. The van der Waals surface area contributed by atoms with E-state index in [9.17, 15) is 14.7 Å². The molecule has 0 aliphatic heterocycles. The van der Waals surface area contributed by atoms with Gasteiger partial charge in [-0.05, 0) is 36.4 Å². The van der Waals surface area contributed by atoms with Gasteiger partial charge in [0.15, 0.2) is 11.5 Å². The molecular formula is C23H20N2O5. The minimum Gasteiger partial charge on any atom is -0.493 e. The van der Waals surface area contributed by atoms with Crippen molar-refractivity contribution in [2.45, 2.75) is 6.61 Å². The van der Waals surface area contributed by atoms with Gasteiger partial charge in [-0.1, -0.05) is 30.3 Å². The van der Waals surface area contributed by atoms with Gasteiger partial charge in [-0.15, -0.1) is 0 Å². The van der Waals surface area contributed by atoms with Gasteiger partial charge in [0.05, 0.1) is 24.1 Å². The lowest BCUT2D eigenvalue weighted by atomic mass is 10.1. The van der Waals surface area contributed by atoms with Gasteiger partial charge >= 0.3 is 5.97 Å². The number of nitrogens with zero attached hydrogens (tertiary/aromatic N) is 1. The molecule has 0 fully saturated rings. The first-order chi connectivity index (χ1) is 14.6. The normalized spacial score (nSPS) is 10.6. The van der Waals surface area contributed by atoms with Gasteiger partial charge in [0.25, 0.3) is 0 Å². The maximum Gasteiger partial charge on any atom is 0.337 e. The topological polar surface area (TPSA) is 97.8 Å². The molecule has 0 saturated heterocycles. The number of rotatable bonds is 8. The molecule has 0 aliphatic rings. The Morgan fingerprint density at radius 3 is 2.60 bits per heavy atom. The Morgan fingerprint density at radius 1 is 1.07 bits per heavy atom. The van der Waals surface area contributed by atoms with Gasteiger partial charge < -0.3 is 19.9 Å². The van der Waals surface area contributed by atoms with Gasteiger partial charge in [0, 0.05) is 17.8 Å². The van der Waals surface area contributed by atoms with Crippen molar-refractivity contribution in [1.82, 2.24) is 4.98 Å². The van der Waals surface area contributed by atoms with Crippen molar-refractivity contribution in [2.24, 2.45) is 0 Å². The predicted octanol–water partition coefficient (Wildman–Crippen LogP) is 4.02. The Labute approximate surface area is 173 Å². The van der Waals surface area contributed by atoms with E-state index in [2.05, 4.69) is 10.3 Å². The second kappa shape index (κ2) is 9.88. The van der Waals surface area contributed by atoms with E-state index in [1.165, 1.54) is 25.3 Å². The number of carboxylic acids is 1. The SMILES string of the molecule is COc1cccc(/C=C/C(=O)Nc2ccccc2C(=O)O)c1OCc1ccccn1. The standard InChI is InChI=1S/C23H20N2O5/c1-29-20-11-6-7-16(22(20)30-15-17-8-4-5-14-24-17)12-13-21(26)25-19-10-3-2-9-18(19)23(27)28/h2-14H,15H2,1H3,(H,25,26)(H,27,28)/b13-12+. The fourth-order valence-electron chi connectivity index (χ4n) is 2.73. The van der Waals surface area contributed by atoms with Crippen LogP contribution in [0.1, 0.15) is 21.6 Å². The summed E-state index contributed by atoms with van der Waals surface area (Å²) in [5.74, 6) is -0.597. The van der Waals surface area contributed by atoms with Crippen LogP contribution in [0.5, 0.6) is 11.5 Å². The Kier molecular flexibility index (Phi) is 6.78. The molecule has 1 amide bonds. The highest BCUT2D eigenvalue weighted by molar-refractivity contribution is 6.06. The van der Waals surface area contributed by atoms with Gasteiger partial charge in [0.2, 0.25) is 5.91 Å². The van der Waals surface area contributed by atoms with Crippen molar-refractivity contribution in [1.29, 1.82) is 0 Å². The number of amides is 1. The van der Waals surface area contributed by atoms with Crippen LogP contribution < -0.4 is 14.8 Å². The van der Waals surface area contributed by atoms with Crippen LogP contribution in [-0.2, 0) is 11.4 Å². The van der Waals surface area contributed by atoms with Crippen molar-refractivity contribution in [3.05, 3.63) is 89.8 Å². The van der Waals surface area contributed by atoms with Gasteiger partial charge in [-0.2, -0.15) is 0 Å². The fourth-order valence-corrected chi connectivity index (χ4v) is 2.73. The molecule has 0 radical (unpaired) electrons. The molecule has 152 valence electrons. The maximum atomic E-state index is 12.3. The van der Waals surface area contributed by atoms with Crippen LogP contribution in [0.2, 0.25) is 0 Å². The zero-order valence-electron chi connectivity index (χ0n) is 16.2. The third kappa shape index (κ3) is 5.23. The zero-order chi connectivity index (χ0) is 21.3. The fraction of sp³-hybridized carbons (Fsp3) is 0.0870. The number of aromatic carboxylic acids is 1. The molecule has 3 rings (SSSR count). The number of carbonyl (C=O) groups excluding carboxylic acids is 1. The third-order valence-electron chi connectivity index (χ3n) is 4.15. The first-order valence-electron chi connectivity index (χ1n) is 9.09. The van der Waals surface area contributed by atoms with E-state index in [1.807, 2.05) is 18.2 Å². The van der Waals surface area contributed by atoms with E-state index in [4.69, 9.17) is 9.47 Å². The molecule has 0 aliphatic carbocycles. The maximum absolute atomic E-state index is 12.3. The molecule has 0 atom stereocenters. The summed E-state index contributed by atoms with van der Waals surface area (Å²) < 4.78 is 11.3. The largest absolute Gasteiger partial charge is 0.493 e. The van der Waals surface area contributed by atoms with E-state index in [1.54, 1.807) is 42.6 Å². The number of para-hydroxylation sites is 2. The number of hydrogen-bond donors (Lipinski definition) is 2.